The van der Waals surface area contributed by atoms with Gasteiger partial charge in [0.1, 0.15) is 6.04 Å². The molecule has 1 atom stereocenters. The summed E-state index contributed by atoms with van der Waals surface area (Å²) in [5.74, 6) is -0.673. The molecule has 4 heterocycles. The van der Waals surface area contributed by atoms with Gasteiger partial charge in [0.15, 0.2) is 0 Å². The summed E-state index contributed by atoms with van der Waals surface area (Å²) in [6.45, 7) is 5.33. The highest BCUT2D eigenvalue weighted by Gasteiger charge is 2.42. The third-order valence-electron chi connectivity index (χ3n) is 6.60. The van der Waals surface area contributed by atoms with E-state index in [1.807, 2.05) is 12.1 Å². The van der Waals surface area contributed by atoms with Gasteiger partial charge in [0.05, 0.1) is 11.0 Å². The molecule has 0 saturated carbocycles. The first kappa shape index (κ1) is 17.6. The highest BCUT2D eigenvalue weighted by Crippen LogP contribution is 2.35. The number of carbonyl (C=O) groups is 2. The molecule has 2 N–H and O–H groups in total. The Morgan fingerprint density at radius 3 is 2.68 bits per heavy atom. The zero-order chi connectivity index (χ0) is 19.5. The number of nitrogens with one attached hydrogen (secondary N) is 2. The molecule has 2 aromatic rings. The maximum Gasteiger partial charge on any atom is 0.329 e. The number of imidazole rings is 1. The van der Waals surface area contributed by atoms with Crippen LogP contribution in [0.2, 0.25) is 0 Å². The van der Waals surface area contributed by atoms with Crippen LogP contribution in [0.1, 0.15) is 30.9 Å². The van der Waals surface area contributed by atoms with Gasteiger partial charge in [-0.25, -0.2) is 4.79 Å². The van der Waals surface area contributed by atoms with Crippen molar-refractivity contribution in [3.63, 3.8) is 0 Å². The van der Waals surface area contributed by atoms with Gasteiger partial charge >= 0.3 is 5.69 Å². The number of rotatable bonds is 3. The number of imide groups is 1. The molecule has 8 nitrogen and oxygen atoms in total. The second-order valence-electron chi connectivity index (χ2n) is 8.57. The number of aryl methyl sites for hydroxylation is 1. The highest BCUT2D eigenvalue weighted by atomic mass is 16.2. The highest BCUT2D eigenvalue weighted by molar-refractivity contribution is 6.00. The van der Waals surface area contributed by atoms with Gasteiger partial charge in [-0.2, -0.15) is 0 Å². The van der Waals surface area contributed by atoms with E-state index in [0.29, 0.717) is 11.8 Å². The minimum absolute atomic E-state index is 0.220. The zero-order valence-electron chi connectivity index (χ0n) is 16.0. The number of nitrogens with zero attached hydrogens (tertiary/aromatic N) is 3. The molecule has 1 aromatic heterocycles. The molecular weight excluding hydrogens is 358 g/mol. The predicted octanol–water partition coefficient (Wildman–Crippen LogP) is 0.113. The van der Waals surface area contributed by atoms with Crippen molar-refractivity contribution in [2.24, 2.45) is 12.5 Å². The Morgan fingerprint density at radius 2 is 2.00 bits per heavy atom. The van der Waals surface area contributed by atoms with Crippen molar-refractivity contribution >= 4 is 22.8 Å². The molecule has 1 unspecified atom stereocenters. The van der Waals surface area contributed by atoms with Gasteiger partial charge in [-0.1, -0.05) is 6.07 Å². The van der Waals surface area contributed by atoms with Crippen molar-refractivity contribution < 1.29 is 9.59 Å². The van der Waals surface area contributed by atoms with Crippen molar-refractivity contribution in [3.05, 3.63) is 34.2 Å². The van der Waals surface area contributed by atoms with E-state index in [1.165, 1.54) is 16.6 Å². The van der Waals surface area contributed by atoms with Crippen LogP contribution >= 0.6 is 0 Å². The largest absolute Gasteiger partial charge is 0.329 e. The monoisotopic (exact) mass is 383 g/mol. The number of likely N-dealkylation sites (tertiary alicyclic amines) is 1. The van der Waals surface area contributed by atoms with Crippen LogP contribution < -0.4 is 16.3 Å². The van der Waals surface area contributed by atoms with Crippen LogP contribution in [0.25, 0.3) is 11.0 Å². The summed E-state index contributed by atoms with van der Waals surface area (Å²) in [5.41, 5.74) is 2.99. The van der Waals surface area contributed by atoms with E-state index in [9.17, 15) is 14.4 Å². The molecule has 148 valence electrons. The van der Waals surface area contributed by atoms with E-state index in [1.54, 1.807) is 11.6 Å². The van der Waals surface area contributed by atoms with E-state index < -0.39 is 11.9 Å². The Balaban J connectivity index is 1.44. The van der Waals surface area contributed by atoms with Crippen molar-refractivity contribution in [2.75, 3.05) is 26.2 Å². The first-order chi connectivity index (χ1) is 13.5. The molecule has 0 bridgehead atoms. The van der Waals surface area contributed by atoms with E-state index in [2.05, 4.69) is 21.6 Å². The van der Waals surface area contributed by atoms with Crippen molar-refractivity contribution in [1.29, 1.82) is 0 Å². The SMILES string of the molecule is Cn1c(=O)n(C2CCC(=O)NC2=O)c2ccc(CN3CCC4(CNC4)C3)cc21. The van der Waals surface area contributed by atoms with Crippen LogP contribution in [0.4, 0.5) is 0 Å². The lowest BCUT2D eigenvalue weighted by Crippen LogP contribution is -2.54. The molecule has 3 aliphatic rings. The van der Waals surface area contributed by atoms with Gasteiger partial charge in [-0.3, -0.25) is 28.9 Å². The Kier molecular flexibility index (Phi) is 3.96. The third kappa shape index (κ3) is 2.70. The first-order valence-corrected chi connectivity index (χ1v) is 9.92. The van der Waals surface area contributed by atoms with Crippen LogP contribution in [0, 0.1) is 5.41 Å². The zero-order valence-corrected chi connectivity index (χ0v) is 16.0. The standard InChI is InChI=1S/C20H25N5O3/c1-23-16-8-13(9-24-7-6-20(12-24)10-21-11-20)2-3-14(16)25(19(23)28)15-4-5-17(26)22-18(15)27/h2-3,8,15,21H,4-7,9-12H2,1H3,(H,22,26,27). The number of carbonyl (C=O) groups excluding carboxylic acids is 2. The molecule has 1 aromatic carbocycles. The van der Waals surface area contributed by atoms with Crippen LogP contribution in [0.5, 0.6) is 0 Å². The molecule has 5 rings (SSSR count). The molecule has 3 saturated heterocycles. The minimum atomic E-state index is -0.635. The fraction of sp³-hybridized carbons (Fsp3) is 0.550. The molecule has 1 spiro atoms. The van der Waals surface area contributed by atoms with Gasteiger partial charge in [0, 0.05) is 45.1 Å². The van der Waals surface area contributed by atoms with Gasteiger partial charge in [-0.05, 0) is 37.1 Å². The number of fused-ring (bicyclic) bond motifs is 1. The number of aromatic nitrogens is 2. The van der Waals surface area contributed by atoms with Gasteiger partial charge < -0.3 is 5.32 Å². The quantitative estimate of drug-likeness (QED) is 0.735. The van der Waals surface area contributed by atoms with Crippen LogP contribution in [-0.4, -0.2) is 52.0 Å². The van der Waals surface area contributed by atoms with Crippen LogP contribution in [-0.2, 0) is 23.2 Å². The van der Waals surface area contributed by atoms with E-state index >= 15 is 0 Å². The van der Waals surface area contributed by atoms with Gasteiger partial charge in [0.25, 0.3) is 0 Å². The molecule has 0 aliphatic carbocycles. The molecule has 3 aliphatic heterocycles. The molecule has 3 fully saturated rings. The lowest BCUT2D eigenvalue weighted by Gasteiger charge is -2.39. The molecule has 2 amide bonds. The van der Waals surface area contributed by atoms with Crippen molar-refractivity contribution in [3.8, 4) is 0 Å². The smallest absolute Gasteiger partial charge is 0.315 e. The summed E-state index contributed by atoms with van der Waals surface area (Å²) in [5, 5.41) is 5.73. The Labute approximate surface area is 162 Å². The molecule has 8 heteroatoms. The second kappa shape index (κ2) is 6.28. The number of hydrogen-bond donors (Lipinski definition) is 2. The minimum Gasteiger partial charge on any atom is -0.315 e. The fourth-order valence-electron chi connectivity index (χ4n) is 4.93. The summed E-state index contributed by atoms with van der Waals surface area (Å²) in [6, 6.07) is 5.41. The average Bonchev–Trinajstić information content (AvgIpc) is 3.17. The maximum atomic E-state index is 12.8. The average molecular weight is 383 g/mol. The lowest BCUT2D eigenvalue weighted by atomic mass is 9.81. The number of benzene rings is 1. The predicted molar refractivity (Wildman–Crippen MR) is 104 cm³/mol. The van der Waals surface area contributed by atoms with E-state index in [-0.39, 0.29) is 18.0 Å². The van der Waals surface area contributed by atoms with Gasteiger partial charge in [-0.15, -0.1) is 0 Å². The number of piperidine rings is 1. The summed E-state index contributed by atoms with van der Waals surface area (Å²) in [7, 11) is 1.74. The Bertz CT molecular complexity index is 1030. The maximum absolute atomic E-state index is 12.8. The summed E-state index contributed by atoms with van der Waals surface area (Å²) in [6.07, 6.45) is 1.85. The number of amides is 2. The topological polar surface area (TPSA) is 88.4 Å². The molecular formula is C20H25N5O3. The second-order valence-corrected chi connectivity index (χ2v) is 8.57. The van der Waals surface area contributed by atoms with E-state index in [0.717, 1.165) is 43.8 Å². The van der Waals surface area contributed by atoms with Gasteiger partial charge in [0.2, 0.25) is 11.8 Å². The lowest BCUT2D eigenvalue weighted by molar-refractivity contribution is -0.135. The van der Waals surface area contributed by atoms with E-state index in [4.69, 9.17) is 0 Å². The van der Waals surface area contributed by atoms with Crippen molar-refractivity contribution in [1.82, 2.24) is 24.7 Å². The summed E-state index contributed by atoms with van der Waals surface area (Å²) in [4.78, 5) is 39.1. The normalized spacial score (nSPS) is 24.7. The summed E-state index contributed by atoms with van der Waals surface area (Å²) < 4.78 is 3.13. The molecule has 28 heavy (non-hydrogen) atoms. The Hall–Kier alpha value is -2.45. The van der Waals surface area contributed by atoms with Crippen LogP contribution in [0.15, 0.2) is 23.0 Å². The fourth-order valence-corrected chi connectivity index (χ4v) is 4.93. The molecule has 0 radical (unpaired) electrons. The van der Waals surface area contributed by atoms with Crippen molar-refractivity contribution in [2.45, 2.75) is 31.8 Å². The first-order valence-electron chi connectivity index (χ1n) is 9.92. The third-order valence-corrected chi connectivity index (χ3v) is 6.60. The number of hydrogen-bond acceptors (Lipinski definition) is 5. The summed E-state index contributed by atoms with van der Waals surface area (Å²) >= 11 is 0. The van der Waals surface area contributed by atoms with Crippen LogP contribution in [0.3, 0.4) is 0 Å². The Morgan fingerprint density at radius 1 is 1.18 bits per heavy atom.